The first kappa shape index (κ1) is 31.8. The van der Waals surface area contributed by atoms with Crippen LogP contribution in [0.1, 0.15) is 127 Å². The smallest absolute Gasteiger partial charge is 0.138 e. The van der Waals surface area contributed by atoms with Crippen molar-refractivity contribution >= 4 is 0 Å². The number of hydrogen-bond acceptors (Lipinski definition) is 0. The second kappa shape index (κ2) is 15.4. The van der Waals surface area contributed by atoms with Gasteiger partial charge in [-0.25, -0.2) is 4.39 Å². The van der Waals surface area contributed by atoms with E-state index in [1.54, 1.807) is 0 Å². The van der Waals surface area contributed by atoms with Gasteiger partial charge in [0, 0.05) is 11.1 Å². The van der Waals surface area contributed by atoms with E-state index in [1.165, 1.54) is 112 Å². The van der Waals surface area contributed by atoms with Crippen molar-refractivity contribution in [1.82, 2.24) is 0 Å². The lowest BCUT2D eigenvalue weighted by molar-refractivity contribution is 0.303. The van der Waals surface area contributed by atoms with Gasteiger partial charge in [0.1, 0.15) is 5.82 Å². The molecule has 0 saturated heterocycles. The van der Waals surface area contributed by atoms with E-state index >= 15 is 4.39 Å². The lowest BCUT2D eigenvalue weighted by Gasteiger charge is -2.29. The minimum absolute atomic E-state index is 0.136. The quantitative estimate of drug-likeness (QED) is 0.150. The highest BCUT2D eigenvalue weighted by Gasteiger charge is 2.23. The average molecular weight is 601 g/mol. The third-order valence-corrected chi connectivity index (χ3v) is 11.2. The molecule has 236 valence electrons. The molecule has 0 unspecified atom stereocenters. The van der Waals surface area contributed by atoms with E-state index in [0.717, 1.165) is 23.0 Å². The third kappa shape index (κ3) is 7.79. The van der Waals surface area contributed by atoms with Gasteiger partial charge >= 0.3 is 0 Å². The van der Waals surface area contributed by atoms with Crippen molar-refractivity contribution in [1.29, 1.82) is 0 Å². The number of halogens is 1. The molecule has 2 aliphatic carbocycles. The number of rotatable bonds is 11. The Morgan fingerprint density at radius 3 is 1.36 bits per heavy atom. The van der Waals surface area contributed by atoms with Crippen molar-refractivity contribution in [3.63, 3.8) is 0 Å². The summed E-state index contributed by atoms with van der Waals surface area (Å²) >= 11 is 0. The summed E-state index contributed by atoms with van der Waals surface area (Å²) in [4.78, 5) is 0. The van der Waals surface area contributed by atoms with Gasteiger partial charge in [-0.2, -0.15) is 0 Å². The fourth-order valence-corrected chi connectivity index (χ4v) is 8.36. The van der Waals surface area contributed by atoms with Crippen LogP contribution in [0.25, 0.3) is 33.4 Å². The Hall–Kier alpha value is -3.19. The van der Waals surface area contributed by atoms with Crippen molar-refractivity contribution in [2.45, 2.75) is 116 Å². The Morgan fingerprint density at radius 2 is 0.889 bits per heavy atom. The first-order valence-electron chi connectivity index (χ1n) is 18.2. The standard InChI is InChI=1S/C44H53F/c1-3-5-6-9-33-14-18-35(19-15-33)38-24-28-40(29-25-38)42-10-7-11-43(44(42)45)41-30-26-39(27-31-41)37-22-20-36(21-23-37)34-16-12-32(8-4-2)13-17-34/h7,10-11,20-35H,3-6,8-9,12-19H2,1-2H3. The van der Waals surface area contributed by atoms with Crippen LogP contribution in [0.5, 0.6) is 0 Å². The van der Waals surface area contributed by atoms with Crippen LogP contribution in [0.4, 0.5) is 4.39 Å². The topological polar surface area (TPSA) is 0 Å². The van der Waals surface area contributed by atoms with Crippen molar-refractivity contribution in [2.24, 2.45) is 11.8 Å². The average Bonchev–Trinajstić information content (AvgIpc) is 3.10. The van der Waals surface area contributed by atoms with Gasteiger partial charge in [0.15, 0.2) is 0 Å². The maximum atomic E-state index is 16.0. The van der Waals surface area contributed by atoms with Gasteiger partial charge in [0.2, 0.25) is 0 Å². The van der Waals surface area contributed by atoms with E-state index < -0.39 is 0 Å². The fourth-order valence-electron chi connectivity index (χ4n) is 8.36. The largest absolute Gasteiger partial charge is 0.206 e. The van der Waals surface area contributed by atoms with Crippen molar-refractivity contribution in [3.05, 3.63) is 108 Å². The fraction of sp³-hybridized carbons (Fsp3) is 0.455. The monoisotopic (exact) mass is 600 g/mol. The number of unbranched alkanes of at least 4 members (excludes halogenated alkanes) is 2. The molecule has 4 aromatic rings. The first-order valence-corrected chi connectivity index (χ1v) is 18.2. The molecule has 1 heteroatoms. The molecule has 6 rings (SSSR count). The van der Waals surface area contributed by atoms with E-state index in [4.69, 9.17) is 0 Å². The molecule has 0 aliphatic heterocycles. The minimum Gasteiger partial charge on any atom is -0.206 e. The molecule has 0 nitrogen and oxygen atoms in total. The Kier molecular flexibility index (Phi) is 10.9. The van der Waals surface area contributed by atoms with Gasteiger partial charge in [-0.1, -0.05) is 143 Å². The minimum atomic E-state index is -0.136. The van der Waals surface area contributed by atoms with Crippen LogP contribution in [0.3, 0.4) is 0 Å². The molecule has 0 amide bonds. The first-order chi connectivity index (χ1) is 22.1. The summed E-state index contributed by atoms with van der Waals surface area (Å²) < 4.78 is 16.0. The second-order valence-corrected chi connectivity index (χ2v) is 14.2. The van der Waals surface area contributed by atoms with Gasteiger partial charge in [-0.05, 0) is 108 Å². The molecule has 0 bridgehead atoms. The van der Waals surface area contributed by atoms with E-state index in [2.05, 4.69) is 86.6 Å². The van der Waals surface area contributed by atoms with Gasteiger partial charge in [-0.3, -0.25) is 0 Å². The van der Waals surface area contributed by atoms with E-state index in [0.29, 0.717) is 23.0 Å². The summed E-state index contributed by atoms with van der Waals surface area (Å²) in [5, 5.41) is 0. The van der Waals surface area contributed by atoms with Crippen LogP contribution >= 0.6 is 0 Å². The predicted molar refractivity (Wildman–Crippen MR) is 191 cm³/mol. The van der Waals surface area contributed by atoms with E-state index in [9.17, 15) is 0 Å². The van der Waals surface area contributed by atoms with Crippen LogP contribution in [-0.2, 0) is 0 Å². The van der Waals surface area contributed by atoms with E-state index in [-0.39, 0.29) is 5.82 Å². The van der Waals surface area contributed by atoms with Crippen molar-refractivity contribution in [3.8, 4) is 33.4 Å². The van der Waals surface area contributed by atoms with Crippen LogP contribution in [-0.4, -0.2) is 0 Å². The highest BCUT2D eigenvalue weighted by Crippen LogP contribution is 2.40. The SMILES string of the molecule is CCCCCC1CCC(c2ccc(-c3cccc(-c4ccc(-c5ccc(C6CCC(CCC)CC6)cc5)cc4)c3F)cc2)CC1. The zero-order chi connectivity index (χ0) is 31.0. The maximum absolute atomic E-state index is 16.0. The maximum Gasteiger partial charge on any atom is 0.138 e. The molecular formula is C44H53F. The van der Waals surface area contributed by atoms with Crippen molar-refractivity contribution in [2.75, 3.05) is 0 Å². The molecule has 2 aliphatic rings. The molecule has 45 heavy (non-hydrogen) atoms. The van der Waals surface area contributed by atoms with Crippen molar-refractivity contribution < 1.29 is 4.39 Å². The Bertz CT molecular complexity index is 1460. The van der Waals surface area contributed by atoms with Gasteiger partial charge in [-0.15, -0.1) is 0 Å². The zero-order valence-corrected chi connectivity index (χ0v) is 27.7. The second-order valence-electron chi connectivity index (χ2n) is 14.2. The number of benzene rings is 4. The predicted octanol–water partition coefficient (Wildman–Crippen LogP) is 13.8. The summed E-state index contributed by atoms with van der Waals surface area (Å²) in [6.07, 6.45) is 18.9. The molecular weight excluding hydrogens is 547 g/mol. The molecule has 2 saturated carbocycles. The normalized spacial score (nSPS) is 21.9. The lowest BCUT2D eigenvalue weighted by Crippen LogP contribution is -2.13. The third-order valence-electron chi connectivity index (χ3n) is 11.2. The Balaban J connectivity index is 1.09. The Labute approximate surface area is 272 Å². The summed E-state index contributed by atoms with van der Waals surface area (Å²) in [6, 6.07) is 32.2. The van der Waals surface area contributed by atoms with Crippen LogP contribution < -0.4 is 0 Å². The molecule has 0 atom stereocenters. The molecule has 0 heterocycles. The molecule has 0 spiro atoms. The summed E-state index contributed by atoms with van der Waals surface area (Å²) in [5.41, 5.74) is 8.55. The van der Waals surface area contributed by atoms with Crippen LogP contribution in [0.2, 0.25) is 0 Å². The molecule has 0 aromatic heterocycles. The summed E-state index contributed by atoms with van der Waals surface area (Å²) in [7, 11) is 0. The zero-order valence-electron chi connectivity index (χ0n) is 27.7. The Morgan fingerprint density at radius 1 is 0.467 bits per heavy atom. The highest BCUT2D eigenvalue weighted by molar-refractivity contribution is 5.76. The lowest BCUT2D eigenvalue weighted by atomic mass is 9.77. The van der Waals surface area contributed by atoms with Crippen LogP contribution in [0.15, 0.2) is 91.0 Å². The summed E-state index contributed by atoms with van der Waals surface area (Å²) in [5.74, 6) is 3.08. The van der Waals surface area contributed by atoms with E-state index in [1.807, 2.05) is 18.2 Å². The molecule has 4 aromatic carbocycles. The van der Waals surface area contributed by atoms with Crippen LogP contribution in [0, 0.1) is 17.7 Å². The molecule has 2 fully saturated rings. The molecule has 0 radical (unpaired) electrons. The highest BCUT2D eigenvalue weighted by atomic mass is 19.1. The number of hydrogen-bond donors (Lipinski definition) is 0. The van der Waals surface area contributed by atoms with Gasteiger partial charge in [0.25, 0.3) is 0 Å². The molecule has 0 N–H and O–H groups in total. The summed E-state index contributed by atoms with van der Waals surface area (Å²) in [6.45, 7) is 4.60. The van der Waals surface area contributed by atoms with Gasteiger partial charge < -0.3 is 0 Å². The van der Waals surface area contributed by atoms with Gasteiger partial charge in [0.05, 0.1) is 0 Å².